The molecule has 0 aliphatic carbocycles. The van der Waals surface area contributed by atoms with Crippen LogP contribution in [0, 0.1) is 12.7 Å². The van der Waals surface area contributed by atoms with E-state index in [0.29, 0.717) is 30.0 Å². The fourth-order valence-electron chi connectivity index (χ4n) is 3.35. The van der Waals surface area contributed by atoms with Gasteiger partial charge in [0.1, 0.15) is 17.3 Å². The minimum Gasteiger partial charge on any atom is -0.497 e. The molecular formula is C22H23FN2O3. The lowest BCUT2D eigenvalue weighted by atomic mass is 10.1. The van der Waals surface area contributed by atoms with Crippen LogP contribution in [-0.4, -0.2) is 24.7 Å². The van der Waals surface area contributed by atoms with Crippen LogP contribution < -0.4 is 15.2 Å². The van der Waals surface area contributed by atoms with Crippen molar-refractivity contribution in [3.8, 4) is 22.8 Å². The molecule has 1 heterocycles. The molecule has 3 aromatic rings. The van der Waals surface area contributed by atoms with Crippen molar-refractivity contribution in [1.82, 2.24) is 4.57 Å². The van der Waals surface area contributed by atoms with Crippen LogP contribution in [-0.2, 0) is 13.0 Å². The number of aryl methyl sites for hydroxylation is 1. The van der Waals surface area contributed by atoms with Gasteiger partial charge in [-0.1, -0.05) is 12.1 Å². The Hall–Kier alpha value is -3.28. The Morgan fingerprint density at radius 2 is 1.89 bits per heavy atom. The summed E-state index contributed by atoms with van der Waals surface area (Å²) in [5.41, 5.74) is 9.28. The minimum absolute atomic E-state index is 0.267. The van der Waals surface area contributed by atoms with Gasteiger partial charge in [0.15, 0.2) is 0 Å². The van der Waals surface area contributed by atoms with Gasteiger partial charge in [-0.3, -0.25) is 4.79 Å². The SMILES string of the molecule is COc1ccc(-c2cc(C(N)=O)c(C)n2CCc2cccc(F)c2)c(OC)c1. The quantitative estimate of drug-likeness (QED) is 0.673. The van der Waals surface area contributed by atoms with Gasteiger partial charge >= 0.3 is 0 Å². The summed E-state index contributed by atoms with van der Waals surface area (Å²) in [6, 6.07) is 13.8. The largest absolute Gasteiger partial charge is 0.497 e. The summed E-state index contributed by atoms with van der Waals surface area (Å²) in [6.45, 7) is 2.41. The molecule has 0 saturated heterocycles. The number of hydrogen-bond donors (Lipinski definition) is 1. The number of carbonyl (C=O) groups excluding carboxylic acids is 1. The first kappa shape index (κ1) is 19.5. The van der Waals surface area contributed by atoms with Gasteiger partial charge in [0.2, 0.25) is 0 Å². The van der Waals surface area contributed by atoms with Crippen molar-refractivity contribution < 1.29 is 18.7 Å². The Labute approximate surface area is 163 Å². The van der Waals surface area contributed by atoms with Gasteiger partial charge in [-0.05, 0) is 49.2 Å². The number of aromatic nitrogens is 1. The molecule has 146 valence electrons. The highest BCUT2D eigenvalue weighted by Crippen LogP contribution is 2.35. The fourth-order valence-corrected chi connectivity index (χ4v) is 3.35. The van der Waals surface area contributed by atoms with Gasteiger partial charge in [0.05, 0.1) is 25.5 Å². The van der Waals surface area contributed by atoms with Gasteiger partial charge in [-0.25, -0.2) is 4.39 Å². The zero-order chi connectivity index (χ0) is 20.3. The van der Waals surface area contributed by atoms with E-state index < -0.39 is 5.91 Å². The summed E-state index contributed by atoms with van der Waals surface area (Å²) in [5, 5.41) is 0. The maximum absolute atomic E-state index is 13.5. The lowest BCUT2D eigenvalue weighted by molar-refractivity contribution is 0.0999. The highest BCUT2D eigenvalue weighted by atomic mass is 19.1. The topological polar surface area (TPSA) is 66.5 Å². The second-order valence-electron chi connectivity index (χ2n) is 6.49. The third-order valence-corrected chi connectivity index (χ3v) is 4.83. The third-order valence-electron chi connectivity index (χ3n) is 4.83. The van der Waals surface area contributed by atoms with E-state index in [1.165, 1.54) is 12.1 Å². The molecule has 6 heteroatoms. The monoisotopic (exact) mass is 382 g/mol. The van der Waals surface area contributed by atoms with Gasteiger partial charge in [0.25, 0.3) is 5.91 Å². The van der Waals surface area contributed by atoms with Crippen molar-refractivity contribution in [3.63, 3.8) is 0 Å². The van der Waals surface area contributed by atoms with E-state index in [4.69, 9.17) is 15.2 Å². The molecule has 0 unspecified atom stereocenters. The van der Waals surface area contributed by atoms with Gasteiger partial charge < -0.3 is 19.8 Å². The molecule has 0 atom stereocenters. The smallest absolute Gasteiger partial charge is 0.250 e. The summed E-state index contributed by atoms with van der Waals surface area (Å²) in [5.74, 6) is 0.539. The number of benzene rings is 2. The van der Waals surface area contributed by atoms with E-state index in [0.717, 1.165) is 22.5 Å². The van der Waals surface area contributed by atoms with Crippen molar-refractivity contribution >= 4 is 5.91 Å². The fraction of sp³-hybridized carbons (Fsp3) is 0.227. The average Bonchev–Trinajstić information content (AvgIpc) is 3.02. The molecule has 0 fully saturated rings. The molecule has 0 bridgehead atoms. The zero-order valence-electron chi connectivity index (χ0n) is 16.2. The first-order valence-corrected chi connectivity index (χ1v) is 8.91. The Kier molecular flexibility index (Phi) is 5.68. The number of nitrogens with zero attached hydrogens (tertiary/aromatic N) is 1. The molecule has 5 nitrogen and oxygen atoms in total. The van der Waals surface area contributed by atoms with E-state index in [1.807, 2.05) is 29.7 Å². The molecule has 28 heavy (non-hydrogen) atoms. The predicted molar refractivity (Wildman–Crippen MR) is 106 cm³/mol. The van der Waals surface area contributed by atoms with Crippen LogP contribution in [0.3, 0.4) is 0 Å². The Morgan fingerprint density at radius 1 is 1.11 bits per heavy atom. The molecule has 0 aliphatic heterocycles. The maximum atomic E-state index is 13.5. The van der Waals surface area contributed by atoms with Crippen molar-refractivity contribution in [2.75, 3.05) is 14.2 Å². The van der Waals surface area contributed by atoms with Crippen LogP contribution in [0.1, 0.15) is 21.6 Å². The Morgan fingerprint density at radius 3 is 2.54 bits per heavy atom. The second-order valence-corrected chi connectivity index (χ2v) is 6.49. The number of primary amides is 1. The predicted octanol–water partition coefficient (Wildman–Crippen LogP) is 3.96. The number of hydrogen-bond acceptors (Lipinski definition) is 3. The van der Waals surface area contributed by atoms with E-state index in [2.05, 4.69) is 0 Å². The number of rotatable bonds is 7. The van der Waals surface area contributed by atoms with E-state index in [9.17, 15) is 9.18 Å². The Balaban J connectivity index is 2.05. The third kappa shape index (κ3) is 3.86. The highest BCUT2D eigenvalue weighted by Gasteiger charge is 2.19. The molecule has 0 radical (unpaired) electrons. The van der Waals surface area contributed by atoms with Gasteiger partial charge in [-0.2, -0.15) is 0 Å². The van der Waals surface area contributed by atoms with Crippen LogP contribution in [0.2, 0.25) is 0 Å². The summed E-state index contributed by atoms with van der Waals surface area (Å²) in [4.78, 5) is 11.9. The number of methoxy groups -OCH3 is 2. The number of nitrogens with two attached hydrogens (primary N) is 1. The summed E-state index contributed by atoms with van der Waals surface area (Å²) in [6.07, 6.45) is 0.608. The second kappa shape index (κ2) is 8.17. The van der Waals surface area contributed by atoms with E-state index in [-0.39, 0.29) is 5.82 Å². The molecule has 1 amide bonds. The lowest BCUT2D eigenvalue weighted by Gasteiger charge is -2.15. The first-order chi connectivity index (χ1) is 13.4. The van der Waals surface area contributed by atoms with Crippen molar-refractivity contribution in [2.45, 2.75) is 19.9 Å². The zero-order valence-corrected chi connectivity index (χ0v) is 16.2. The van der Waals surface area contributed by atoms with Crippen LogP contribution in [0.5, 0.6) is 11.5 Å². The Bertz CT molecular complexity index is 1010. The van der Waals surface area contributed by atoms with Gasteiger partial charge in [-0.15, -0.1) is 0 Å². The maximum Gasteiger partial charge on any atom is 0.250 e. The number of halogens is 1. The molecule has 0 aliphatic rings. The lowest BCUT2D eigenvalue weighted by Crippen LogP contribution is -2.13. The van der Waals surface area contributed by atoms with E-state index in [1.54, 1.807) is 32.4 Å². The molecule has 3 rings (SSSR count). The molecule has 1 aromatic heterocycles. The molecule has 0 spiro atoms. The van der Waals surface area contributed by atoms with Crippen LogP contribution in [0.15, 0.2) is 48.5 Å². The first-order valence-electron chi connectivity index (χ1n) is 8.91. The summed E-state index contributed by atoms with van der Waals surface area (Å²) < 4.78 is 26.3. The number of carbonyl (C=O) groups is 1. The number of ether oxygens (including phenoxy) is 2. The summed E-state index contributed by atoms with van der Waals surface area (Å²) in [7, 11) is 3.17. The molecular weight excluding hydrogens is 359 g/mol. The normalized spacial score (nSPS) is 10.7. The van der Waals surface area contributed by atoms with Crippen LogP contribution in [0.25, 0.3) is 11.3 Å². The van der Waals surface area contributed by atoms with Crippen molar-refractivity contribution in [1.29, 1.82) is 0 Å². The average molecular weight is 382 g/mol. The summed E-state index contributed by atoms with van der Waals surface area (Å²) >= 11 is 0. The van der Waals surface area contributed by atoms with Gasteiger partial charge in [0, 0.05) is 23.9 Å². The van der Waals surface area contributed by atoms with Crippen molar-refractivity contribution in [3.05, 3.63) is 71.2 Å². The highest BCUT2D eigenvalue weighted by molar-refractivity contribution is 5.96. The standard InChI is InChI=1S/C22H23FN2O3/c1-14-19(22(24)26)13-20(18-8-7-17(27-2)12-21(18)28-3)25(14)10-9-15-5-4-6-16(23)11-15/h4-8,11-13H,9-10H2,1-3H3,(H2,24,26). The minimum atomic E-state index is -0.490. The van der Waals surface area contributed by atoms with Crippen LogP contribution >= 0.6 is 0 Å². The van der Waals surface area contributed by atoms with Crippen molar-refractivity contribution in [2.24, 2.45) is 5.73 Å². The number of amides is 1. The van der Waals surface area contributed by atoms with E-state index >= 15 is 0 Å². The molecule has 2 N–H and O–H groups in total. The molecule has 2 aromatic carbocycles. The van der Waals surface area contributed by atoms with Crippen LogP contribution in [0.4, 0.5) is 4.39 Å². The molecule has 0 saturated carbocycles.